The summed E-state index contributed by atoms with van der Waals surface area (Å²) in [5, 5.41) is 0. The molecule has 5 nitrogen and oxygen atoms in total. The van der Waals surface area contributed by atoms with Gasteiger partial charge < -0.3 is 4.74 Å². The molecular weight excluding hydrogens is 279 g/mol. The Bertz CT molecular complexity index is 429. The van der Waals surface area contributed by atoms with Gasteiger partial charge in [-0.25, -0.2) is 4.79 Å². The van der Waals surface area contributed by atoms with E-state index in [1.165, 1.54) is 20.8 Å². The molecule has 0 saturated heterocycles. The molecule has 0 spiro atoms. The van der Waals surface area contributed by atoms with E-state index in [2.05, 4.69) is 6.58 Å². The van der Waals surface area contributed by atoms with Gasteiger partial charge >= 0.3 is 18.1 Å². The van der Waals surface area contributed by atoms with Crippen molar-refractivity contribution >= 4 is 17.8 Å². The number of nitrogens with zero attached hydrogens (tertiary/aromatic N) is 1. The van der Waals surface area contributed by atoms with Gasteiger partial charge in [0.05, 0.1) is 0 Å². The zero-order valence-corrected chi connectivity index (χ0v) is 11.6. The van der Waals surface area contributed by atoms with Crippen LogP contribution in [0.1, 0.15) is 20.8 Å². The number of alkyl halides is 3. The standard InChI is InChI=1S/C12H16F3NO4/c1-6(2)8(20-10(18)7(3)4)9(17)16(5)11(19)12(13,14)15/h6,8H,3H2,1-2,4-5H3. The summed E-state index contributed by atoms with van der Waals surface area (Å²) in [6.45, 7) is 7.57. The molecule has 0 aliphatic carbocycles. The van der Waals surface area contributed by atoms with E-state index in [0.29, 0.717) is 7.05 Å². The maximum Gasteiger partial charge on any atom is 0.471 e. The van der Waals surface area contributed by atoms with Crippen LogP contribution in [0.2, 0.25) is 0 Å². The van der Waals surface area contributed by atoms with Gasteiger partial charge in [0.1, 0.15) is 0 Å². The third-order valence-electron chi connectivity index (χ3n) is 2.31. The number of hydrogen-bond donors (Lipinski definition) is 0. The van der Waals surface area contributed by atoms with E-state index < -0.39 is 36.0 Å². The first-order chi connectivity index (χ1) is 8.89. The van der Waals surface area contributed by atoms with Gasteiger partial charge in [-0.05, 0) is 12.8 Å². The van der Waals surface area contributed by atoms with Gasteiger partial charge in [0, 0.05) is 12.6 Å². The number of carbonyl (C=O) groups excluding carboxylic acids is 3. The number of ether oxygens (including phenoxy) is 1. The Kier molecular flexibility index (Phi) is 5.93. The van der Waals surface area contributed by atoms with E-state index >= 15 is 0 Å². The normalized spacial score (nSPS) is 12.8. The minimum absolute atomic E-state index is 0.00625. The molecule has 0 saturated carbocycles. The van der Waals surface area contributed by atoms with Crippen LogP contribution >= 0.6 is 0 Å². The Morgan fingerprint density at radius 1 is 1.20 bits per heavy atom. The lowest BCUT2D eigenvalue weighted by Gasteiger charge is -2.25. The zero-order chi connectivity index (χ0) is 16.2. The van der Waals surface area contributed by atoms with E-state index in [1.807, 2.05) is 0 Å². The molecule has 0 heterocycles. The molecule has 114 valence electrons. The molecule has 0 radical (unpaired) electrons. The summed E-state index contributed by atoms with van der Waals surface area (Å²) in [6, 6.07) is 0. The number of esters is 1. The van der Waals surface area contributed by atoms with Crippen molar-refractivity contribution in [3.8, 4) is 0 Å². The van der Waals surface area contributed by atoms with E-state index in [0.717, 1.165) is 0 Å². The Morgan fingerprint density at radius 3 is 1.95 bits per heavy atom. The average molecular weight is 295 g/mol. The molecule has 0 aromatic carbocycles. The Labute approximate surface area is 114 Å². The number of halogens is 3. The lowest BCUT2D eigenvalue weighted by Crippen LogP contribution is -2.49. The molecule has 8 heteroatoms. The van der Waals surface area contributed by atoms with Crippen molar-refractivity contribution in [1.29, 1.82) is 0 Å². The van der Waals surface area contributed by atoms with Crippen LogP contribution in [0.5, 0.6) is 0 Å². The summed E-state index contributed by atoms with van der Waals surface area (Å²) < 4.78 is 41.5. The predicted octanol–water partition coefficient (Wildman–Crippen LogP) is 1.68. The molecular formula is C12H16F3NO4. The Morgan fingerprint density at radius 2 is 1.65 bits per heavy atom. The number of imide groups is 1. The van der Waals surface area contributed by atoms with E-state index in [4.69, 9.17) is 4.74 Å². The molecule has 1 unspecified atom stereocenters. The first-order valence-corrected chi connectivity index (χ1v) is 5.64. The SMILES string of the molecule is C=C(C)C(=O)OC(C(=O)N(C)C(=O)C(F)(F)F)C(C)C. The molecule has 0 N–H and O–H groups in total. The monoisotopic (exact) mass is 295 g/mol. The predicted molar refractivity (Wildman–Crippen MR) is 63.4 cm³/mol. The molecule has 0 aromatic heterocycles. The highest BCUT2D eigenvalue weighted by Crippen LogP contribution is 2.20. The smallest absolute Gasteiger partial charge is 0.449 e. The molecule has 2 amide bonds. The number of rotatable bonds is 4. The van der Waals surface area contributed by atoms with Crippen molar-refractivity contribution in [3.05, 3.63) is 12.2 Å². The second-order valence-electron chi connectivity index (χ2n) is 4.55. The van der Waals surface area contributed by atoms with Crippen LogP contribution < -0.4 is 0 Å². The summed E-state index contributed by atoms with van der Waals surface area (Å²) >= 11 is 0. The first-order valence-electron chi connectivity index (χ1n) is 5.64. The Balaban J connectivity index is 5.13. The van der Waals surface area contributed by atoms with Crippen molar-refractivity contribution < 1.29 is 32.3 Å². The van der Waals surface area contributed by atoms with Gasteiger partial charge in [0.25, 0.3) is 5.91 Å². The minimum atomic E-state index is -5.18. The van der Waals surface area contributed by atoms with Gasteiger partial charge in [-0.1, -0.05) is 20.4 Å². The maximum absolute atomic E-state index is 12.2. The lowest BCUT2D eigenvalue weighted by molar-refractivity contribution is -0.189. The molecule has 0 fully saturated rings. The third kappa shape index (κ3) is 4.67. The molecule has 0 bridgehead atoms. The molecule has 0 aliphatic rings. The second-order valence-corrected chi connectivity index (χ2v) is 4.55. The summed E-state index contributed by atoms with van der Waals surface area (Å²) in [5.74, 6) is -5.07. The molecule has 20 heavy (non-hydrogen) atoms. The fraction of sp³-hybridized carbons (Fsp3) is 0.583. The van der Waals surface area contributed by atoms with Crippen molar-refractivity contribution in [3.63, 3.8) is 0 Å². The highest BCUT2D eigenvalue weighted by Gasteiger charge is 2.45. The first kappa shape index (κ1) is 18.1. The molecule has 0 aromatic rings. The molecule has 0 aliphatic heterocycles. The van der Waals surface area contributed by atoms with Gasteiger partial charge in [0.15, 0.2) is 6.10 Å². The highest BCUT2D eigenvalue weighted by atomic mass is 19.4. The van der Waals surface area contributed by atoms with E-state index in [1.54, 1.807) is 0 Å². The maximum atomic E-state index is 12.2. The van der Waals surface area contributed by atoms with Crippen LogP contribution in [0.3, 0.4) is 0 Å². The average Bonchev–Trinajstić information content (AvgIpc) is 2.31. The largest absolute Gasteiger partial charge is 0.471 e. The van der Waals surface area contributed by atoms with Crippen molar-refractivity contribution in [2.75, 3.05) is 7.05 Å². The van der Waals surface area contributed by atoms with Gasteiger partial charge in [-0.2, -0.15) is 13.2 Å². The van der Waals surface area contributed by atoms with Crippen molar-refractivity contribution in [1.82, 2.24) is 4.90 Å². The number of hydrogen-bond acceptors (Lipinski definition) is 4. The molecule has 0 rings (SSSR count). The van der Waals surface area contributed by atoms with Crippen LogP contribution in [0, 0.1) is 5.92 Å². The summed E-state index contributed by atoms with van der Waals surface area (Å²) in [4.78, 5) is 34.1. The summed E-state index contributed by atoms with van der Waals surface area (Å²) in [5.41, 5.74) is -0.00625. The minimum Gasteiger partial charge on any atom is -0.449 e. The topological polar surface area (TPSA) is 63.7 Å². The fourth-order valence-corrected chi connectivity index (χ4v) is 1.17. The summed E-state index contributed by atoms with van der Waals surface area (Å²) in [7, 11) is 0.683. The van der Waals surface area contributed by atoms with E-state index in [9.17, 15) is 27.6 Å². The van der Waals surface area contributed by atoms with Crippen molar-refractivity contribution in [2.45, 2.75) is 33.1 Å². The number of likely N-dealkylation sites (N-methyl/N-ethyl adjacent to an activating group) is 1. The van der Waals surface area contributed by atoms with Crippen LogP contribution in [0.25, 0.3) is 0 Å². The lowest BCUT2D eigenvalue weighted by atomic mass is 10.1. The molecule has 1 atom stereocenters. The summed E-state index contributed by atoms with van der Waals surface area (Å²) in [6.07, 6.45) is -6.67. The fourth-order valence-electron chi connectivity index (χ4n) is 1.17. The van der Waals surface area contributed by atoms with Gasteiger partial charge in [-0.15, -0.1) is 0 Å². The number of carbonyl (C=O) groups is 3. The number of amides is 2. The van der Waals surface area contributed by atoms with Crippen LogP contribution in [0.15, 0.2) is 12.2 Å². The second kappa shape index (κ2) is 6.53. The van der Waals surface area contributed by atoms with Crippen molar-refractivity contribution in [2.24, 2.45) is 5.92 Å². The third-order valence-corrected chi connectivity index (χ3v) is 2.31. The van der Waals surface area contributed by atoms with Gasteiger partial charge in [-0.3, -0.25) is 14.5 Å². The van der Waals surface area contributed by atoms with Crippen LogP contribution in [-0.2, 0) is 19.1 Å². The zero-order valence-electron chi connectivity index (χ0n) is 11.6. The van der Waals surface area contributed by atoms with Crippen LogP contribution in [0.4, 0.5) is 13.2 Å². The highest BCUT2D eigenvalue weighted by molar-refractivity contribution is 6.00. The van der Waals surface area contributed by atoms with E-state index in [-0.39, 0.29) is 10.5 Å². The van der Waals surface area contributed by atoms with Crippen LogP contribution in [-0.4, -0.2) is 42.0 Å². The van der Waals surface area contributed by atoms with Gasteiger partial charge in [0.2, 0.25) is 0 Å². The quantitative estimate of drug-likeness (QED) is 0.584. The Hall–Kier alpha value is -1.86.